The highest BCUT2D eigenvalue weighted by molar-refractivity contribution is 5.82. The van der Waals surface area contributed by atoms with Gasteiger partial charge in [-0.3, -0.25) is 10.1 Å². The molecule has 3 nitrogen and oxygen atoms in total. The maximum atomic E-state index is 12.2. The standard InChI is InChI=1S/C18H28N2O/c1-12-6-8-14(9-7-12)16(15-10-11-15)19-13(2)17(21)20-18(3,4)5/h6-9,13,15-16,19H,10-11H2,1-5H3,(H,20,21). The van der Waals surface area contributed by atoms with Crippen molar-refractivity contribution in [3.05, 3.63) is 35.4 Å². The van der Waals surface area contributed by atoms with E-state index in [1.807, 2.05) is 27.7 Å². The molecule has 0 aliphatic heterocycles. The molecule has 2 rings (SSSR count). The van der Waals surface area contributed by atoms with E-state index in [0.29, 0.717) is 5.92 Å². The first kappa shape index (κ1) is 16.0. The average Bonchev–Trinajstić information content (AvgIpc) is 3.19. The monoisotopic (exact) mass is 288 g/mol. The largest absolute Gasteiger partial charge is 0.350 e. The van der Waals surface area contributed by atoms with E-state index < -0.39 is 0 Å². The normalized spacial score (nSPS) is 18.1. The van der Waals surface area contributed by atoms with Crippen molar-refractivity contribution in [3.63, 3.8) is 0 Å². The van der Waals surface area contributed by atoms with Gasteiger partial charge < -0.3 is 5.32 Å². The lowest BCUT2D eigenvalue weighted by atomic mass is 10.00. The molecule has 116 valence electrons. The molecule has 1 aromatic rings. The number of carbonyl (C=O) groups excluding carboxylic acids is 1. The summed E-state index contributed by atoms with van der Waals surface area (Å²) in [5.74, 6) is 0.734. The average molecular weight is 288 g/mol. The van der Waals surface area contributed by atoms with E-state index in [1.54, 1.807) is 0 Å². The molecule has 1 aliphatic rings. The van der Waals surface area contributed by atoms with Gasteiger partial charge in [0.2, 0.25) is 5.91 Å². The topological polar surface area (TPSA) is 41.1 Å². The molecule has 0 heterocycles. The van der Waals surface area contributed by atoms with Gasteiger partial charge in [-0.15, -0.1) is 0 Å². The van der Waals surface area contributed by atoms with Crippen LogP contribution in [0, 0.1) is 12.8 Å². The van der Waals surface area contributed by atoms with Gasteiger partial charge in [0.1, 0.15) is 0 Å². The lowest BCUT2D eigenvalue weighted by Crippen LogP contribution is -2.50. The summed E-state index contributed by atoms with van der Waals surface area (Å²) in [5.41, 5.74) is 2.37. The van der Waals surface area contributed by atoms with E-state index in [-0.39, 0.29) is 23.5 Å². The number of amides is 1. The third-order valence-electron chi connectivity index (χ3n) is 3.85. The Hall–Kier alpha value is -1.35. The second-order valence-electron chi connectivity index (χ2n) is 7.35. The van der Waals surface area contributed by atoms with Crippen LogP contribution in [0.3, 0.4) is 0 Å². The molecule has 0 radical (unpaired) electrons. The molecule has 0 saturated heterocycles. The fourth-order valence-electron chi connectivity index (χ4n) is 2.53. The van der Waals surface area contributed by atoms with Crippen LogP contribution in [0.1, 0.15) is 57.7 Å². The SMILES string of the molecule is Cc1ccc(C(NC(C)C(=O)NC(C)(C)C)C2CC2)cc1. The maximum absolute atomic E-state index is 12.2. The predicted molar refractivity (Wildman–Crippen MR) is 87.1 cm³/mol. The molecule has 3 heteroatoms. The summed E-state index contributed by atoms with van der Waals surface area (Å²) in [6.45, 7) is 10.1. The highest BCUT2D eigenvalue weighted by Crippen LogP contribution is 2.41. The number of carbonyl (C=O) groups is 1. The van der Waals surface area contributed by atoms with Crippen molar-refractivity contribution in [2.24, 2.45) is 5.92 Å². The summed E-state index contributed by atoms with van der Waals surface area (Å²) >= 11 is 0. The molecule has 2 unspecified atom stereocenters. The zero-order valence-corrected chi connectivity index (χ0v) is 13.9. The molecular weight excluding hydrogens is 260 g/mol. The molecule has 1 fully saturated rings. The number of rotatable bonds is 5. The lowest BCUT2D eigenvalue weighted by Gasteiger charge is -2.27. The Morgan fingerprint density at radius 3 is 2.24 bits per heavy atom. The van der Waals surface area contributed by atoms with Crippen molar-refractivity contribution in [1.82, 2.24) is 10.6 Å². The highest BCUT2D eigenvalue weighted by atomic mass is 16.2. The molecule has 1 saturated carbocycles. The van der Waals surface area contributed by atoms with Gasteiger partial charge in [-0.1, -0.05) is 29.8 Å². The van der Waals surface area contributed by atoms with Crippen molar-refractivity contribution in [3.8, 4) is 0 Å². The van der Waals surface area contributed by atoms with Crippen molar-refractivity contribution < 1.29 is 4.79 Å². The van der Waals surface area contributed by atoms with Crippen LogP contribution in [0.2, 0.25) is 0 Å². The van der Waals surface area contributed by atoms with Gasteiger partial charge in [-0.05, 0) is 58.9 Å². The van der Waals surface area contributed by atoms with Crippen LogP contribution in [0.15, 0.2) is 24.3 Å². The number of aryl methyl sites for hydroxylation is 1. The van der Waals surface area contributed by atoms with E-state index >= 15 is 0 Å². The van der Waals surface area contributed by atoms with Crippen LogP contribution in [0.5, 0.6) is 0 Å². The van der Waals surface area contributed by atoms with Crippen molar-refractivity contribution in [2.75, 3.05) is 0 Å². The van der Waals surface area contributed by atoms with E-state index in [1.165, 1.54) is 24.0 Å². The van der Waals surface area contributed by atoms with Crippen molar-refractivity contribution in [2.45, 2.75) is 65.1 Å². The Morgan fingerprint density at radius 1 is 1.19 bits per heavy atom. The first-order valence-electron chi connectivity index (χ1n) is 7.91. The van der Waals surface area contributed by atoms with Gasteiger partial charge >= 0.3 is 0 Å². The molecule has 1 aliphatic carbocycles. The summed E-state index contributed by atoms with van der Waals surface area (Å²) in [6, 6.07) is 8.75. The van der Waals surface area contributed by atoms with Gasteiger partial charge in [0.25, 0.3) is 0 Å². The fraction of sp³-hybridized carbons (Fsp3) is 0.611. The molecule has 1 amide bonds. The second-order valence-corrected chi connectivity index (χ2v) is 7.35. The number of nitrogens with one attached hydrogen (secondary N) is 2. The Morgan fingerprint density at radius 2 is 1.76 bits per heavy atom. The molecule has 2 N–H and O–H groups in total. The first-order valence-corrected chi connectivity index (χ1v) is 7.91. The maximum Gasteiger partial charge on any atom is 0.237 e. The van der Waals surface area contributed by atoms with Gasteiger partial charge in [0.15, 0.2) is 0 Å². The third-order valence-corrected chi connectivity index (χ3v) is 3.85. The Kier molecular flexibility index (Phi) is 4.72. The van der Waals surface area contributed by atoms with Crippen molar-refractivity contribution >= 4 is 5.91 Å². The smallest absolute Gasteiger partial charge is 0.237 e. The fourth-order valence-corrected chi connectivity index (χ4v) is 2.53. The van der Waals surface area contributed by atoms with Gasteiger partial charge in [0, 0.05) is 11.6 Å². The highest BCUT2D eigenvalue weighted by Gasteiger charge is 2.34. The van der Waals surface area contributed by atoms with Crippen LogP contribution >= 0.6 is 0 Å². The van der Waals surface area contributed by atoms with Crippen LogP contribution in [-0.2, 0) is 4.79 Å². The van der Waals surface area contributed by atoms with Gasteiger partial charge in [-0.25, -0.2) is 0 Å². The van der Waals surface area contributed by atoms with E-state index in [4.69, 9.17) is 0 Å². The Bertz CT molecular complexity index is 483. The summed E-state index contributed by atoms with van der Waals surface area (Å²) in [6.07, 6.45) is 2.50. The second kappa shape index (κ2) is 6.18. The van der Waals surface area contributed by atoms with Crippen LogP contribution in [-0.4, -0.2) is 17.5 Å². The minimum Gasteiger partial charge on any atom is -0.350 e. The molecule has 0 aromatic heterocycles. The van der Waals surface area contributed by atoms with Crippen LogP contribution in [0.4, 0.5) is 0 Å². The minimum absolute atomic E-state index is 0.0697. The first-order chi connectivity index (χ1) is 9.76. The zero-order chi connectivity index (χ0) is 15.6. The number of benzene rings is 1. The Balaban J connectivity index is 2.03. The number of hydrogen-bond acceptors (Lipinski definition) is 2. The Labute approximate surface area is 128 Å². The van der Waals surface area contributed by atoms with Gasteiger partial charge in [0.05, 0.1) is 6.04 Å². The van der Waals surface area contributed by atoms with E-state index in [9.17, 15) is 4.79 Å². The summed E-state index contributed by atoms with van der Waals surface area (Å²) < 4.78 is 0. The summed E-state index contributed by atoms with van der Waals surface area (Å²) in [7, 11) is 0. The molecule has 21 heavy (non-hydrogen) atoms. The van der Waals surface area contributed by atoms with Gasteiger partial charge in [-0.2, -0.15) is 0 Å². The molecule has 2 atom stereocenters. The predicted octanol–water partition coefficient (Wildman–Crippen LogP) is 3.34. The lowest BCUT2D eigenvalue weighted by molar-refractivity contribution is -0.124. The number of hydrogen-bond donors (Lipinski definition) is 2. The van der Waals surface area contributed by atoms with E-state index in [0.717, 1.165) is 0 Å². The molecular formula is C18H28N2O. The summed E-state index contributed by atoms with van der Waals surface area (Å²) in [4.78, 5) is 12.2. The molecule has 0 spiro atoms. The van der Waals surface area contributed by atoms with Crippen LogP contribution in [0.25, 0.3) is 0 Å². The molecule has 1 aromatic carbocycles. The minimum atomic E-state index is -0.189. The third kappa shape index (κ3) is 4.85. The van der Waals surface area contributed by atoms with E-state index in [2.05, 4.69) is 41.8 Å². The van der Waals surface area contributed by atoms with Crippen LogP contribution < -0.4 is 10.6 Å². The zero-order valence-electron chi connectivity index (χ0n) is 13.9. The van der Waals surface area contributed by atoms with Crippen molar-refractivity contribution in [1.29, 1.82) is 0 Å². The summed E-state index contributed by atoms with van der Waals surface area (Å²) in [5, 5.41) is 6.57. The quantitative estimate of drug-likeness (QED) is 0.872. The molecule has 0 bridgehead atoms.